The van der Waals surface area contributed by atoms with E-state index in [2.05, 4.69) is 10.3 Å². The van der Waals surface area contributed by atoms with Crippen molar-refractivity contribution in [2.45, 2.75) is 0 Å². The lowest BCUT2D eigenvalue weighted by Gasteiger charge is -2.22. The van der Waals surface area contributed by atoms with E-state index < -0.39 is 11.4 Å². The zero-order valence-corrected chi connectivity index (χ0v) is 13.0. The number of likely N-dealkylation sites (tertiary alicyclic amines) is 1. The topological polar surface area (TPSA) is 86.9 Å². The second-order valence-electron chi connectivity index (χ2n) is 6.21. The van der Waals surface area contributed by atoms with Gasteiger partial charge in [0.05, 0.1) is 5.02 Å². The average Bonchev–Trinajstić information content (AvgIpc) is 3.17. The van der Waals surface area contributed by atoms with Crippen molar-refractivity contribution in [1.29, 1.82) is 0 Å². The first kappa shape index (κ1) is 14.5. The van der Waals surface area contributed by atoms with Crippen LogP contribution in [0.3, 0.4) is 0 Å². The fraction of sp³-hybridized carbons (Fsp3) is 0.400. The van der Waals surface area contributed by atoms with Gasteiger partial charge in [-0.3, -0.25) is 9.59 Å². The summed E-state index contributed by atoms with van der Waals surface area (Å²) in [5, 5.41) is 13.3. The fourth-order valence-corrected chi connectivity index (χ4v) is 3.78. The van der Waals surface area contributed by atoms with Crippen molar-refractivity contribution in [3.63, 3.8) is 0 Å². The van der Waals surface area contributed by atoms with Crippen LogP contribution in [0.5, 0.6) is 0 Å². The summed E-state index contributed by atoms with van der Waals surface area (Å²) in [6, 6.07) is 3.45. The van der Waals surface area contributed by atoms with Gasteiger partial charge in [-0.05, 0) is 12.1 Å². The van der Waals surface area contributed by atoms with Gasteiger partial charge in [0.1, 0.15) is 16.8 Å². The first-order valence-corrected chi connectivity index (χ1v) is 7.75. The highest BCUT2D eigenvalue weighted by Crippen LogP contribution is 2.39. The summed E-state index contributed by atoms with van der Waals surface area (Å²) in [4.78, 5) is 30.3. The number of rotatable bonds is 2. The van der Waals surface area contributed by atoms with E-state index in [-0.39, 0.29) is 18.4 Å². The Labute approximate surface area is 136 Å². The molecule has 7 nitrogen and oxygen atoms in total. The van der Waals surface area contributed by atoms with Crippen LogP contribution in [-0.2, 0) is 4.79 Å². The highest BCUT2D eigenvalue weighted by molar-refractivity contribution is 6.30. The van der Waals surface area contributed by atoms with E-state index in [0.29, 0.717) is 36.0 Å². The van der Waals surface area contributed by atoms with Crippen LogP contribution in [0.15, 0.2) is 24.5 Å². The summed E-state index contributed by atoms with van der Waals surface area (Å²) in [5.74, 6) is -1.14. The first-order chi connectivity index (χ1) is 11.0. The number of nitrogens with one attached hydrogen (secondary N) is 1. The quantitative estimate of drug-likeness (QED) is 0.845. The summed E-state index contributed by atoms with van der Waals surface area (Å²) in [6.07, 6.45) is 3.31. The number of hydrogen-bond acceptors (Lipinski definition) is 4. The maximum atomic E-state index is 12.7. The summed E-state index contributed by atoms with van der Waals surface area (Å²) in [5.41, 5.74) is 0.0606. The Kier molecular flexibility index (Phi) is 3.11. The Morgan fingerprint density at radius 3 is 2.96 bits per heavy atom. The van der Waals surface area contributed by atoms with Gasteiger partial charge in [-0.2, -0.15) is 0 Å². The lowest BCUT2D eigenvalue weighted by molar-refractivity contribution is -0.148. The zero-order valence-electron chi connectivity index (χ0n) is 12.2. The van der Waals surface area contributed by atoms with Crippen molar-refractivity contribution in [1.82, 2.24) is 19.6 Å². The molecule has 0 bridgehead atoms. The lowest BCUT2D eigenvalue weighted by Crippen LogP contribution is -2.41. The standard InChI is InChI=1S/C15H15ClN4O3/c16-10-1-2-12-18-11(6-19(12)5-10)13(21)20-4-9-3-17-7-15(9,8-20)14(22)23/h1-2,5-6,9,17H,3-4,7-8H2,(H,22,23)/t9-,15-/m1/s1. The minimum absolute atomic E-state index is 0.0598. The normalized spacial score (nSPS) is 26.7. The molecule has 4 heterocycles. The van der Waals surface area contributed by atoms with E-state index in [1.54, 1.807) is 33.8 Å². The van der Waals surface area contributed by atoms with Crippen LogP contribution >= 0.6 is 11.6 Å². The van der Waals surface area contributed by atoms with Crippen molar-refractivity contribution in [3.8, 4) is 0 Å². The molecule has 8 heteroatoms. The minimum Gasteiger partial charge on any atom is -0.481 e. The second-order valence-corrected chi connectivity index (χ2v) is 6.65. The van der Waals surface area contributed by atoms with Gasteiger partial charge in [0.15, 0.2) is 0 Å². The number of amides is 1. The number of halogens is 1. The molecule has 0 saturated carbocycles. The number of aliphatic carboxylic acids is 1. The van der Waals surface area contributed by atoms with Crippen molar-refractivity contribution in [2.75, 3.05) is 26.2 Å². The number of aromatic nitrogens is 2. The molecule has 0 aromatic carbocycles. The fourth-order valence-electron chi connectivity index (χ4n) is 3.61. The molecular formula is C15H15ClN4O3. The maximum absolute atomic E-state index is 12.7. The van der Waals surface area contributed by atoms with Gasteiger partial charge in [0, 0.05) is 44.5 Å². The summed E-state index contributed by atoms with van der Waals surface area (Å²) >= 11 is 5.94. The maximum Gasteiger partial charge on any atom is 0.313 e. The molecule has 2 aliphatic heterocycles. The van der Waals surface area contributed by atoms with Crippen LogP contribution in [0, 0.1) is 11.3 Å². The van der Waals surface area contributed by atoms with Crippen LogP contribution in [0.4, 0.5) is 0 Å². The SMILES string of the molecule is O=C(c1cn2cc(Cl)ccc2n1)N1C[C@H]2CNC[C@@]2(C(=O)O)C1. The number of carbonyl (C=O) groups excluding carboxylic acids is 1. The Hall–Kier alpha value is -2.12. The lowest BCUT2D eigenvalue weighted by atomic mass is 9.81. The largest absolute Gasteiger partial charge is 0.481 e. The van der Waals surface area contributed by atoms with Gasteiger partial charge in [-0.1, -0.05) is 11.6 Å². The smallest absolute Gasteiger partial charge is 0.313 e. The Balaban J connectivity index is 1.63. The summed E-state index contributed by atoms with van der Waals surface area (Å²) < 4.78 is 1.70. The molecule has 1 amide bonds. The molecule has 2 saturated heterocycles. The van der Waals surface area contributed by atoms with E-state index in [4.69, 9.17) is 11.6 Å². The number of carboxylic acid groups (broad SMARTS) is 1. The molecule has 2 aromatic heterocycles. The number of hydrogen-bond donors (Lipinski definition) is 2. The Morgan fingerprint density at radius 1 is 1.39 bits per heavy atom. The molecule has 2 aromatic rings. The predicted molar refractivity (Wildman–Crippen MR) is 82.5 cm³/mol. The third-order valence-electron chi connectivity index (χ3n) is 4.87. The molecule has 0 aliphatic carbocycles. The number of carbonyl (C=O) groups is 2. The molecule has 2 fully saturated rings. The van der Waals surface area contributed by atoms with Gasteiger partial charge >= 0.3 is 5.97 Å². The Bertz CT molecular complexity index is 820. The third-order valence-corrected chi connectivity index (χ3v) is 5.10. The van der Waals surface area contributed by atoms with Crippen LogP contribution in [-0.4, -0.2) is 57.4 Å². The number of fused-ring (bicyclic) bond motifs is 2. The zero-order chi connectivity index (χ0) is 16.2. The number of pyridine rings is 1. The van der Waals surface area contributed by atoms with E-state index in [1.165, 1.54) is 0 Å². The first-order valence-electron chi connectivity index (χ1n) is 7.37. The van der Waals surface area contributed by atoms with Crippen LogP contribution in [0.25, 0.3) is 5.65 Å². The van der Waals surface area contributed by atoms with Gasteiger partial charge in [0.2, 0.25) is 0 Å². The van der Waals surface area contributed by atoms with Crippen molar-refractivity contribution < 1.29 is 14.7 Å². The van der Waals surface area contributed by atoms with E-state index in [1.807, 2.05) is 0 Å². The van der Waals surface area contributed by atoms with Crippen molar-refractivity contribution in [2.24, 2.45) is 11.3 Å². The molecule has 0 radical (unpaired) electrons. The molecule has 4 rings (SSSR count). The van der Waals surface area contributed by atoms with Gasteiger partial charge in [-0.15, -0.1) is 0 Å². The molecule has 0 unspecified atom stereocenters. The molecular weight excluding hydrogens is 320 g/mol. The molecule has 2 atom stereocenters. The molecule has 0 spiro atoms. The van der Waals surface area contributed by atoms with Crippen LogP contribution < -0.4 is 5.32 Å². The highest BCUT2D eigenvalue weighted by atomic mass is 35.5. The predicted octanol–water partition coefficient (Wildman–Crippen LogP) is 0.734. The van der Waals surface area contributed by atoms with Gasteiger partial charge < -0.3 is 19.7 Å². The summed E-state index contributed by atoms with van der Waals surface area (Å²) in [7, 11) is 0. The number of nitrogens with zero attached hydrogens (tertiary/aromatic N) is 3. The third kappa shape index (κ3) is 2.11. The van der Waals surface area contributed by atoms with Crippen molar-refractivity contribution in [3.05, 3.63) is 35.2 Å². The molecule has 2 N–H and O–H groups in total. The Morgan fingerprint density at radius 2 is 2.22 bits per heavy atom. The van der Waals surface area contributed by atoms with Crippen LogP contribution in [0.2, 0.25) is 5.02 Å². The molecule has 120 valence electrons. The van der Waals surface area contributed by atoms with Crippen molar-refractivity contribution >= 4 is 29.1 Å². The number of imidazole rings is 1. The van der Waals surface area contributed by atoms with Gasteiger partial charge in [-0.25, -0.2) is 4.98 Å². The van der Waals surface area contributed by atoms with Crippen LogP contribution in [0.1, 0.15) is 10.5 Å². The molecule has 2 aliphatic rings. The van der Waals surface area contributed by atoms with E-state index in [9.17, 15) is 14.7 Å². The van der Waals surface area contributed by atoms with E-state index >= 15 is 0 Å². The summed E-state index contributed by atoms with van der Waals surface area (Å²) in [6.45, 7) is 1.68. The van der Waals surface area contributed by atoms with E-state index in [0.717, 1.165) is 0 Å². The average molecular weight is 335 g/mol. The second kappa shape index (κ2) is 4.94. The monoisotopic (exact) mass is 334 g/mol. The highest BCUT2D eigenvalue weighted by Gasteiger charge is 2.56. The number of carboxylic acids is 1. The minimum atomic E-state index is -0.877. The molecule has 23 heavy (non-hydrogen) atoms. The van der Waals surface area contributed by atoms with Gasteiger partial charge in [0.25, 0.3) is 5.91 Å².